The zero-order chi connectivity index (χ0) is 15.2. The summed E-state index contributed by atoms with van der Waals surface area (Å²) in [6.07, 6.45) is 2.37. The number of aliphatic hydroxyl groups excluding tert-OH is 1. The summed E-state index contributed by atoms with van der Waals surface area (Å²) in [5.74, 6) is 2.21. The lowest BCUT2D eigenvalue weighted by molar-refractivity contribution is 0.0682. The van der Waals surface area contributed by atoms with Crippen molar-refractivity contribution < 1.29 is 9.90 Å². The Labute approximate surface area is 131 Å². The van der Waals surface area contributed by atoms with E-state index in [4.69, 9.17) is 0 Å². The second-order valence-electron chi connectivity index (χ2n) is 5.71. The predicted octanol–water partition coefficient (Wildman–Crippen LogP) is 3.32. The first kappa shape index (κ1) is 16.4. The molecule has 116 valence electrons. The van der Waals surface area contributed by atoms with Gasteiger partial charge in [0.15, 0.2) is 0 Å². The maximum Gasteiger partial charge on any atom is 0.254 e. The number of amides is 1. The van der Waals surface area contributed by atoms with Crippen LogP contribution in [0.15, 0.2) is 24.3 Å². The van der Waals surface area contributed by atoms with Crippen molar-refractivity contribution in [3.63, 3.8) is 0 Å². The fourth-order valence-electron chi connectivity index (χ4n) is 2.87. The lowest BCUT2D eigenvalue weighted by Crippen LogP contribution is -2.37. The summed E-state index contributed by atoms with van der Waals surface area (Å²) in [7, 11) is 0. The first-order valence-electron chi connectivity index (χ1n) is 7.77. The second-order valence-corrected chi connectivity index (χ2v) is 6.99. The van der Waals surface area contributed by atoms with Crippen molar-refractivity contribution in [3.8, 4) is 0 Å². The highest BCUT2D eigenvalue weighted by atomic mass is 32.2. The van der Waals surface area contributed by atoms with Gasteiger partial charge in [-0.15, -0.1) is 0 Å². The molecule has 0 saturated carbocycles. The highest BCUT2D eigenvalue weighted by Crippen LogP contribution is 2.24. The van der Waals surface area contributed by atoms with Crippen molar-refractivity contribution in [3.05, 3.63) is 35.4 Å². The van der Waals surface area contributed by atoms with Crippen LogP contribution in [0.2, 0.25) is 0 Å². The van der Waals surface area contributed by atoms with E-state index in [1.54, 1.807) is 6.92 Å². The summed E-state index contributed by atoms with van der Waals surface area (Å²) in [4.78, 5) is 14.5. The molecule has 1 heterocycles. The highest BCUT2D eigenvalue weighted by molar-refractivity contribution is 7.98. The molecule has 1 aliphatic heterocycles. The van der Waals surface area contributed by atoms with Crippen LogP contribution in [0.25, 0.3) is 0 Å². The molecule has 0 spiro atoms. The molecule has 1 fully saturated rings. The number of hydrogen-bond donors (Lipinski definition) is 1. The van der Waals surface area contributed by atoms with Gasteiger partial charge >= 0.3 is 0 Å². The molecule has 2 rings (SSSR count). The predicted molar refractivity (Wildman–Crippen MR) is 88.6 cm³/mol. The van der Waals surface area contributed by atoms with E-state index in [0.29, 0.717) is 6.42 Å². The van der Waals surface area contributed by atoms with Crippen LogP contribution in [0.4, 0.5) is 0 Å². The molecule has 21 heavy (non-hydrogen) atoms. The van der Waals surface area contributed by atoms with Gasteiger partial charge < -0.3 is 10.0 Å². The molecule has 2 atom stereocenters. The molecule has 2 unspecified atom stereocenters. The largest absolute Gasteiger partial charge is 0.393 e. The molecule has 3 nitrogen and oxygen atoms in total. The van der Waals surface area contributed by atoms with Gasteiger partial charge in [-0.3, -0.25) is 4.79 Å². The lowest BCUT2D eigenvalue weighted by Gasteiger charge is -2.25. The number of hydrogen-bond acceptors (Lipinski definition) is 3. The molecule has 0 aromatic heterocycles. The van der Waals surface area contributed by atoms with E-state index >= 15 is 0 Å². The van der Waals surface area contributed by atoms with E-state index in [-0.39, 0.29) is 18.1 Å². The zero-order valence-corrected chi connectivity index (χ0v) is 13.7. The molecule has 1 N–H and O–H groups in total. The number of carbonyl (C=O) groups is 1. The molecule has 1 aliphatic rings. The van der Waals surface area contributed by atoms with Crippen LogP contribution >= 0.6 is 11.8 Å². The summed E-state index contributed by atoms with van der Waals surface area (Å²) in [6.45, 7) is 4.75. The van der Waals surface area contributed by atoms with Crippen molar-refractivity contribution in [2.24, 2.45) is 0 Å². The summed E-state index contributed by atoms with van der Waals surface area (Å²) in [5.41, 5.74) is 2.03. The number of thioether (sulfide) groups is 1. The van der Waals surface area contributed by atoms with Gasteiger partial charge in [-0.2, -0.15) is 11.8 Å². The third-order valence-electron chi connectivity index (χ3n) is 3.92. The normalized spacial score (nSPS) is 19.8. The minimum Gasteiger partial charge on any atom is -0.393 e. The van der Waals surface area contributed by atoms with Crippen LogP contribution < -0.4 is 0 Å². The molecular formula is C17H25NO2S. The third-order valence-corrected chi connectivity index (χ3v) is 4.87. The number of aliphatic hydroxyl groups is 1. The molecule has 4 heteroatoms. The molecule has 1 aromatic carbocycles. The Kier molecular flexibility index (Phi) is 6.12. The van der Waals surface area contributed by atoms with Crippen molar-refractivity contribution >= 4 is 17.7 Å². The molecule has 1 saturated heterocycles. The van der Waals surface area contributed by atoms with E-state index in [1.165, 1.54) is 5.56 Å². The van der Waals surface area contributed by atoms with Gasteiger partial charge in [-0.05, 0) is 49.6 Å². The van der Waals surface area contributed by atoms with Crippen molar-refractivity contribution in [1.29, 1.82) is 0 Å². The van der Waals surface area contributed by atoms with Crippen LogP contribution in [-0.4, -0.2) is 40.4 Å². The maximum atomic E-state index is 12.6. The van der Waals surface area contributed by atoms with Crippen molar-refractivity contribution in [1.82, 2.24) is 4.90 Å². The Morgan fingerprint density at radius 1 is 1.43 bits per heavy atom. The topological polar surface area (TPSA) is 40.5 Å². The van der Waals surface area contributed by atoms with E-state index < -0.39 is 0 Å². The van der Waals surface area contributed by atoms with Gasteiger partial charge in [0.25, 0.3) is 5.91 Å². The number of likely N-dealkylation sites (tertiary alicyclic amines) is 1. The van der Waals surface area contributed by atoms with Gasteiger partial charge in [0.1, 0.15) is 0 Å². The first-order chi connectivity index (χ1) is 10.1. The van der Waals surface area contributed by atoms with Crippen LogP contribution in [0.1, 0.15) is 49.0 Å². The standard InChI is InChI=1S/C17H25NO2S/c1-3-21-12-14-6-8-15(9-7-14)17(20)18-10-4-5-16(18)11-13(2)19/h6-9,13,16,19H,3-5,10-12H2,1-2H3. The SMILES string of the molecule is CCSCc1ccc(C(=O)N2CCCC2CC(C)O)cc1. The molecule has 0 bridgehead atoms. The van der Waals surface area contributed by atoms with Crippen molar-refractivity contribution in [2.45, 2.75) is 51.0 Å². The fraction of sp³-hybridized carbons (Fsp3) is 0.588. The lowest BCUT2D eigenvalue weighted by atomic mass is 10.1. The minimum atomic E-state index is -0.350. The molecule has 1 amide bonds. The average Bonchev–Trinajstić information content (AvgIpc) is 2.92. The van der Waals surface area contributed by atoms with Crippen LogP contribution in [0.5, 0.6) is 0 Å². The monoisotopic (exact) mass is 307 g/mol. The van der Waals surface area contributed by atoms with Crippen molar-refractivity contribution in [2.75, 3.05) is 12.3 Å². The van der Waals surface area contributed by atoms with Gasteiger partial charge in [-0.1, -0.05) is 19.1 Å². The van der Waals surface area contributed by atoms with Gasteiger partial charge in [-0.25, -0.2) is 0 Å². The summed E-state index contributed by atoms with van der Waals surface area (Å²) < 4.78 is 0. The third kappa shape index (κ3) is 4.48. The molecular weight excluding hydrogens is 282 g/mol. The Morgan fingerprint density at radius 3 is 2.76 bits per heavy atom. The quantitative estimate of drug-likeness (QED) is 0.876. The smallest absolute Gasteiger partial charge is 0.254 e. The van der Waals surface area contributed by atoms with Crippen LogP contribution in [0, 0.1) is 0 Å². The van der Waals surface area contributed by atoms with Gasteiger partial charge in [0.2, 0.25) is 0 Å². The maximum absolute atomic E-state index is 12.6. The Bertz CT molecular complexity index is 458. The molecule has 0 aliphatic carbocycles. The fourth-order valence-corrected chi connectivity index (χ4v) is 3.50. The van der Waals surface area contributed by atoms with Crippen LogP contribution in [-0.2, 0) is 5.75 Å². The molecule has 1 aromatic rings. The van der Waals surface area contributed by atoms with Gasteiger partial charge in [0.05, 0.1) is 6.10 Å². The Hall–Kier alpha value is -1.00. The number of nitrogens with zero attached hydrogens (tertiary/aromatic N) is 1. The summed E-state index contributed by atoms with van der Waals surface area (Å²) in [5, 5.41) is 9.56. The molecule has 0 radical (unpaired) electrons. The summed E-state index contributed by atoms with van der Waals surface area (Å²) >= 11 is 1.88. The second kappa shape index (κ2) is 7.85. The minimum absolute atomic E-state index is 0.104. The first-order valence-corrected chi connectivity index (χ1v) is 8.93. The Balaban J connectivity index is 2.01. The average molecular weight is 307 g/mol. The number of rotatable bonds is 6. The van der Waals surface area contributed by atoms with E-state index in [0.717, 1.165) is 36.5 Å². The van der Waals surface area contributed by atoms with Gasteiger partial charge in [0, 0.05) is 23.9 Å². The van der Waals surface area contributed by atoms with Crippen LogP contribution in [0.3, 0.4) is 0 Å². The zero-order valence-electron chi connectivity index (χ0n) is 12.9. The van der Waals surface area contributed by atoms with E-state index in [1.807, 2.05) is 28.8 Å². The number of carbonyl (C=O) groups excluding carboxylic acids is 1. The van der Waals surface area contributed by atoms with E-state index in [9.17, 15) is 9.90 Å². The Morgan fingerprint density at radius 2 is 2.14 bits per heavy atom. The summed E-state index contributed by atoms with van der Waals surface area (Å²) in [6, 6.07) is 8.16. The number of benzene rings is 1. The van der Waals surface area contributed by atoms with E-state index in [2.05, 4.69) is 19.1 Å². The highest BCUT2D eigenvalue weighted by Gasteiger charge is 2.29.